The van der Waals surface area contributed by atoms with Gasteiger partial charge in [-0.15, -0.1) is 0 Å². The highest BCUT2D eigenvalue weighted by molar-refractivity contribution is 5.63. The average molecular weight is 412 g/mol. The molecule has 1 saturated heterocycles. The molecule has 0 bridgehead atoms. The van der Waals surface area contributed by atoms with Gasteiger partial charge in [-0.1, -0.05) is 12.1 Å². The maximum atomic E-state index is 14.2. The summed E-state index contributed by atoms with van der Waals surface area (Å²) in [6.07, 6.45) is 4.82. The third kappa shape index (κ3) is 2.68. The van der Waals surface area contributed by atoms with Crippen LogP contribution in [0.1, 0.15) is 24.6 Å². The smallest absolute Gasteiger partial charge is 0.262 e. The number of nitrogens with zero attached hydrogens (tertiary/aromatic N) is 5. The third-order valence-electron chi connectivity index (χ3n) is 6.62. The fraction of sp³-hybridized carbons (Fsp3) is 0.381. The van der Waals surface area contributed by atoms with E-state index in [1.165, 1.54) is 22.9 Å². The van der Waals surface area contributed by atoms with Crippen LogP contribution in [0.4, 0.5) is 14.7 Å². The SMILES string of the molecule is Cn1c(N2CCC3(CC2)Cn2nccc2C3N)ncc(-c2cccc(F)c2F)c1=O. The molecule has 7 nitrogen and oxygen atoms in total. The summed E-state index contributed by atoms with van der Waals surface area (Å²) in [4.78, 5) is 19.4. The predicted octanol–water partition coefficient (Wildman–Crippen LogP) is 2.22. The number of hydrogen-bond acceptors (Lipinski definition) is 5. The molecule has 0 aliphatic carbocycles. The van der Waals surface area contributed by atoms with Crippen LogP contribution in [0.3, 0.4) is 0 Å². The number of rotatable bonds is 2. The number of fused-ring (bicyclic) bond motifs is 1. The normalized spacial score (nSPS) is 20.0. The topological polar surface area (TPSA) is 82.0 Å². The Morgan fingerprint density at radius 1 is 1.17 bits per heavy atom. The Hall–Kier alpha value is -3.07. The molecule has 1 aromatic carbocycles. The van der Waals surface area contributed by atoms with Gasteiger partial charge in [0.15, 0.2) is 11.6 Å². The van der Waals surface area contributed by atoms with Crippen molar-refractivity contribution in [3.05, 3.63) is 64.3 Å². The molecule has 4 heterocycles. The number of piperidine rings is 1. The lowest BCUT2D eigenvalue weighted by molar-refractivity contribution is 0.169. The molecule has 1 atom stereocenters. The minimum atomic E-state index is -1.04. The Morgan fingerprint density at radius 2 is 1.93 bits per heavy atom. The van der Waals surface area contributed by atoms with Crippen molar-refractivity contribution in [1.29, 1.82) is 0 Å². The van der Waals surface area contributed by atoms with Crippen molar-refractivity contribution in [2.75, 3.05) is 18.0 Å². The van der Waals surface area contributed by atoms with Crippen molar-refractivity contribution in [3.8, 4) is 11.1 Å². The van der Waals surface area contributed by atoms with Gasteiger partial charge in [-0.05, 0) is 25.0 Å². The zero-order valence-electron chi connectivity index (χ0n) is 16.6. The van der Waals surface area contributed by atoms with Crippen LogP contribution in [0.25, 0.3) is 11.1 Å². The summed E-state index contributed by atoms with van der Waals surface area (Å²) in [6, 6.07) is 5.69. The number of nitrogens with two attached hydrogens (primary N) is 1. The number of anilines is 1. The van der Waals surface area contributed by atoms with E-state index in [1.807, 2.05) is 15.6 Å². The van der Waals surface area contributed by atoms with E-state index in [2.05, 4.69) is 10.1 Å². The van der Waals surface area contributed by atoms with Crippen molar-refractivity contribution < 1.29 is 8.78 Å². The van der Waals surface area contributed by atoms with Gasteiger partial charge in [-0.3, -0.25) is 14.0 Å². The molecule has 1 spiro atoms. The van der Waals surface area contributed by atoms with Gasteiger partial charge in [0.1, 0.15) is 0 Å². The molecule has 0 radical (unpaired) electrons. The quantitative estimate of drug-likeness (QED) is 0.698. The van der Waals surface area contributed by atoms with Crippen molar-refractivity contribution >= 4 is 5.95 Å². The average Bonchev–Trinajstić information content (AvgIpc) is 3.29. The Kier molecular flexibility index (Phi) is 4.25. The lowest BCUT2D eigenvalue weighted by atomic mass is 9.74. The van der Waals surface area contributed by atoms with Crippen LogP contribution in [0, 0.1) is 17.0 Å². The van der Waals surface area contributed by atoms with Crippen LogP contribution < -0.4 is 16.2 Å². The minimum Gasteiger partial charge on any atom is -0.342 e. The monoisotopic (exact) mass is 412 g/mol. The first-order chi connectivity index (χ1) is 14.4. The van der Waals surface area contributed by atoms with Gasteiger partial charge < -0.3 is 10.6 Å². The second-order valence-electron chi connectivity index (χ2n) is 8.18. The largest absolute Gasteiger partial charge is 0.342 e. The third-order valence-corrected chi connectivity index (χ3v) is 6.62. The maximum absolute atomic E-state index is 14.2. The van der Waals surface area contributed by atoms with Crippen LogP contribution in [-0.2, 0) is 13.6 Å². The molecule has 30 heavy (non-hydrogen) atoms. The molecule has 1 unspecified atom stereocenters. The zero-order chi connectivity index (χ0) is 21.0. The van der Waals surface area contributed by atoms with Gasteiger partial charge in [0, 0.05) is 50.1 Å². The fourth-order valence-electron chi connectivity index (χ4n) is 4.80. The summed E-state index contributed by atoms with van der Waals surface area (Å²) >= 11 is 0. The highest BCUT2D eigenvalue weighted by atomic mass is 19.2. The van der Waals surface area contributed by atoms with Crippen molar-refractivity contribution in [1.82, 2.24) is 19.3 Å². The lowest BCUT2D eigenvalue weighted by Crippen LogP contribution is -2.46. The van der Waals surface area contributed by atoms with Crippen LogP contribution in [-0.4, -0.2) is 32.4 Å². The van der Waals surface area contributed by atoms with E-state index in [0.717, 1.165) is 31.1 Å². The van der Waals surface area contributed by atoms with Gasteiger partial charge in [0.2, 0.25) is 5.95 Å². The lowest BCUT2D eigenvalue weighted by Gasteiger charge is -2.42. The molecular weight excluding hydrogens is 390 g/mol. The van der Waals surface area contributed by atoms with Gasteiger partial charge in [-0.25, -0.2) is 13.8 Å². The highest BCUT2D eigenvalue weighted by Crippen LogP contribution is 2.47. The van der Waals surface area contributed by atoms with Crippen LogP contribution in [0.2, 0.25) is 0 Å². The standard InChI is InChI=1S/C21H22F2N6O/c1-27-19(30)14(13-3-2-4-15(22)17(13)23)11-25-20(27)28-9-6-21(7-10-28)12-29-16(18(21)24)5-8-26-29/h2-5,8,11,18H,6-7,9-10,12,24H2,1H3. The van der Waals surface area contributed by atoms with E-state index in [-0.39, 0.29) is 22.6 Å². The Labute approximate surface area is 171 Å². The van der Waals surface area contributed by atoms with E-state index >= 15 is 0 Å². The van der Waals surface area contributed by atoms with E-state index in [9.17, 15) is 13.6 Å². The first kappa shape index (κ1) is 18.9. The van der Waals surface area contributed by atoms with Gasteiger partial charge in [-0.2, -0.15) is 5.10 Å². The number of benzene rings is 1. The fourth-order valence-corrected chi connectivity index (χ4v) is 4.80. The molecule has 156 valence electrons. The Bertz CT molecular complexity index is 1180. The molecule has 0 saturated carbocycles. The molecule has 2 aromatic heterocycles. The zero-order valence-corrected chi connectivity index (χ0v) is 16.6. The molecule has 2 aliphatic heterocycles. The van der Waals surface area contributed by atoms with Crippen LogP contribution in [0.5, 0.6) is 0 Å². The summed E-state index contributed by atoms with van der Waals surface area (Å²) < 4.78 is 31.1. The van der Waals surface area contributed by atoms with Gasteiger partial charge in [0.25, 0.3) is 5.56 Å². The Morgan fingerprint density at radius 3 is 2.67 bits per heavy atom. The van der Waals surface area contributed by atoms with Gasteiger partial charge >= 0.3 is 0 Å². The summed E-state index contributed by atoms with van der Waals surface area (Å²) in [6.45, 7) is 2.20. The van der Waals surface area contributed by atoms with E-state index in [4.69, 9.17) is 5.73 Å². The number of hydrogen-bond donors (Lipinski definition) is 1. The maximum Gasteiger partial charge on any atom is 0.262 e. The molecular formula is C21H22F2N6O. The summed E-state index contributed by atoms with van der Waals surface area (Å²) in [5, 5.41) is 4.36. The summed E-state index contributed by atoms with van der Waals surface area (Å²) in [7, 11) is 1.60. The summed E-state index contributed by atoms with van der Waals surface area (Å²) in [5.74, 6) is -1.52. The highest BCUT2D eigenvalue weighted by Gasteiger charge is 2.47. The molecule has 1 fully saturated rings. The molecule has 9 heteroatoms. The molecule has 5 rings (SSSR count). The number of halogens is 2. The molecule has 3 aromatic rings. The predicted molar refractivity (Wildman–Crippen MR) is 108 cm³/mol. The molecule has 2 N–H and O–H groups in total. The first-order valence-corrected chi connectivity index (χ1v) is 9.94. The molecule has 2 aliphatic rings. The van der Waals surface area contributed by atoms with Crippen LogP contribution >= 0.6 is 0 Å². The van der Waals surface area contributed by atoms with Crippen molar-refractivity contribution in [3.63, 3.8) is 0 Å². The van der Waals surface area contributed by atoms with Gasteiger partial charge in [0.05, 0.1) is 17.3 Å². The molecule has 0 amide bonds. The van der Waals surface area contributed by atoms with Crippen LogP contribution in [0.15, 0.2) is 41.5 Å². The second kappa shape index (κ2) is 6.73. The Balaban J connectivity index is 1.40. The first-order valence-electron chi connectivity index (χ1n) is 9.94. The number of aromatic nitrogens is 4. The second-order valence-corrected chi connectivity index (χ2v) is 8.18. The summed E-state index contributed by atoms with van der Waals surface area (Å²) in [5.41, 5.74) is 7.10. The van der Waals surface area contributed by atoms with E-state index in [1.54, 1.807) is 13.2 Å². The minimum absolute atomic E-state index is 0.0370. The van der Waals surface area contributed by atoms with E-state index < -0.39 is 17.2 Å². The van der Waals surface area contributed by atoms with Crippen molar-refractivity contribution in [2.24, 2.45) is 18.2 Å². The van der Waals surface area contributed by atoms with E-state index in [0.29, 0.717) is 19.0 Å². The van der Waals surface area contributed by atoms with Crippen molar-refractivity contribution in [2.45, 2.75) is 25.4 Å².